The van der Waals surface area contributed by atoms with E-state index in [1.54, 1.807) is 0 Å². The van der Waals surface area contributed by atoms with Crippen molar-refractivity contribution in [3.63, 3.8) is 0 Å². The van der Waals surface area contributed by atoms with Crippen molar-refractivity contribution in [1.29, 1.82) is 0 Å². The molecule has 118 valence electrons. The second kappa shape index (κ2) is 9.19. The van der Waals surface area contributed by atoms with E-state index in [0.29, 0.717) is 6.04 Å². The molecule has 1 aliphatic carbocycles. The van der Waals surface area contributed by atoms with Crippen molar-refractivity contribution in [3.8, 4) is 0 Å². The molecule has 3 nitrogen and oxygen atoms in total. The van der Waals surface area contributed by atoms with Crippen LogP contribution in [-0.4, -0.2) is 15.0 Å². The van der Waals surface area contributed by atoms with Crippen molar-refractivity contribution in [1.82, 2.24) is 15.0 Å². The van der Waals surface area contributed by atoms with Crippen LogP contribution in [0.5, 0.6) is 0 Å². The van der Waals surface area contributed by atoms with Crippen LogP contribution in [0.3, 0.4) is 0 Å². The summed E-state index contributed by atoms with van der Waals surface area (Å²) in [6.45, 7) is 4.30. The van der Waals surface area contributed by atoms with Gasteiger partial charge in [-0.1, -0.05) is 53.8 Å². The number of nitrogens with zero attached hydrogens (tertiary/aromatic N) is 3. The average molecular weight is 297 g/mol. The van der Waals surface area contributed by atoms with Gasteiger partial charge in [-0.15, -0.1) is 5.10 Å². The van der Waals surface area contributed by atoms with Gasteiger partial charge in [-0.2, -0.15) is 0 Å². The third-order valence-electron chi connectivity index (χ3n) is 3.74. The molecule has 0 amide bonds. The fourth-order valence-electron chi connectivity index (χ4n) is 2.52. The Kier molecular flexibility index (Phi) is 6.88. The van der Waals surface area contributed by atoms with Gasteiger partial charge in [-0.3, -0.25) is 0 Å². The number of fused-ring (bicyclic) bond motifs is 1. The summed E-state index contributed by atoms with van der Waals surface area (Å²) in [6, 6.07) is 0.342. The SMILES string of the molecule is CC(C)n1nnc2c1C/C=C\C=C/CCCC/C=C\C=C/C2. The molecule has 0 bridgehead atoms. The first kappa shape index (κ1) is 16.5. The molecule has 0 saturated heterocycles. The van der Waals surface area contributed by atoms with Crippen molar-refractivity contribution >= 4 is 0 Å². The first-order valence-electron chi connectivity index (χ1n) is 8.35. The van der Waals surface area contributed by atoms with Crippen LogP contribution in [0.1, 0.15) is 57.0 Å². The highest BCUT2D eigenvalue weighted by Gasteiger charge is 2.12. The lowest BCUT2D eigenvalue weighted by Crippen LogP contribution is -2.08. The largest absolute Gasteiger partial charge is 0.246 e. The molecule has 0 unspecified atom stereocenters. The number of allylic oxidation sites excluding steroid dienone is 8. The fourth-order valence-corrected chi connectivity index (χ4v) is 2.52. The lowest BCUT2D eigenvalue weighted by Gasteiger charge is -2.08. The zero-order valence-electron chi connectivity index (χ0n) is 13.8. The molecule has 1 aliphatic rings. The summed E-state index contributed by atoms with van der Waals surface area (Å²) in [6.07, 6.45) is 24.0. The third-order valence-corrected chi connectivity index (χ3v) is 3.74. The van der Waals surface area contributed by atoms with Gasteiger partial charge >= 0.3 is 0 Å². The highest BCUT2D eigenvalue weighted by Crippen LogP contribution is 2.14. The summed E-state index contributed by atoms with van der Waals surface area (Å²) >= 11 is 0. The maximum Gasteiger partial charge on any atom is 0.0900 e. The van der Waals surface area contributed by atoms with Crippen LogP contribution in [-0.2, 0) is 12.8 Å². The van der Waals surface area contributed by atoms with E-state index in [1.165, 1.54) is 18.5 Å². The van der Waals surface area contributed by atoms with Gasteiger partial charge in [0.25, 0.3) is 0 Å². The first-order valence-corrected chi connectivity index (χ1v) is 8.35. The van der Waals surface area contributed by atoms with Gasteiger partial charge in [-0.05, 0) is 39.5 Å². The van der Waals surface area contributed by atoms with E-state index in [1.807, 2.05) is 4.68 Å². The summed E-state index contributed by atoms with van der Waals surface area (Å²) in [5.74, 6) is 0. The Labute approximate surface area is 134 Å². The van der Waals surface area contributed by atoms with E-state index in [0.717, 1.165) is 31.4 Å². The molecule has 0 saturated carbocycles. The van der Waals surface area contributed by atoms with Crippen LogP contribution in [0.2, 0.25) is 0 Å². The molecular weight excluding hydrogens is 270 g/mol. The number of aromatic nitrogens is 3. The Balaban J connectivity index is 2.18. The van der Waals surface area contributed by atoms with E-state index < -0.39 is 0 Å². The van der Waals surface area contributed by atoms with E-state index >= 15 is 0 Å². The molecule has 0 radical (unpaired) electrons. The molecule has 0 fully saturated rings. The molecule has 0 aromatic carbocycles. The molecular formula is C19H27N3. The lowest BCUT2D eigenvalue weighted by molar-refractivity contribution is 0.498. The van der Waals surface area contributed by atoms with E-state index in [4.69, 9.17) is 0 Å². The van der Waals surface area contributed by atoms with E-state index in [-0.39, 0.29) is 0 Å². The van der Waals surface area contributed by atoms with Crippen LogP contribution < -0.4 is 0 Å². The summed E-state index contributed by atoms with van der Waals surface area (Å²) in [5.41, 5.74) is 2.31. The minimum atomic E-state index is 0.342. The maximum atomic E-state index is 4.37. The summed E-state index contributed by atoms with van der Waals surface area (Å²) in [4.78, 5) is 0. The maximum absolute atomic E-state index is 4.37. The smallest absolute Gasteiger partial charge is 0.0900 e. The van der Waals surface area contributed by atoms with Gasteiger partial charge in [-0.25, -0.2) is 4.68 Å². The number of hydrogen-bond acceptors (Lipinski definition) is 2. The van der Waals surface area contributed by atoms with Gasteiger partial charge in [0.15, 0.2) is 0 Å². The first-order chi connectivity index (χ1) is 10.8. The topological polar surface area (TPSA) is 30.7 Å². The minimum Gasteiger partial charge on any atom is -0.246 e. The fraction of sp³-hybridized carbons (Fsp3) is 0.474. The van der Waals surface area contributed by atoms with Crippen molar-refractivity contribution in [2.24, 2.45) is 0 Å². The van der Waals surface area contributed by atoms with Gasteiger partial charge in [0, 0.05) is 18.9 Å². The van der Waals surface area contributed by atoms with Crippen molar-refractivity contribution < 1.29 is 0 Å². The normalized spacial score (nSPS) is 22.9. The number of rotatable bonds is 1. The summed E-state index contributed by atoms with van der Waals surface area (Å²) < 4.78 is 2.04. The number of hydrogen-bond donors (Lipinski definition) is 0. The highest BCUT2D eigenvalue weighted by molar-refractivity contribution is 5.20. The van der Waals surface area contributed by atoms with Crippen molar-refractivity contribution in [3.05, 3.63) is 60.0 Å². The molecule has 22 heavy (non-hydrogen) atoms. The van der Waals surface area contributed by atoms with E-state index in [2.05, 4.69) is 72.8 Å². The van der Waals surface area contributed by atoms with Crippen LogP contribution in [0.15, 0.2) is 48.6 Å². The molecule has 1 heterocycles. The van der Waals surface area contributed by atoms with Crippen molar-refractivity contribution in [2.45, 2.75) is 58.4 Å². The molecule has 1 aromatic heterocycles. The van der Waals surface area contributed by atoms with E-state index in [9.17, 15) is 0 Å². The lowest BCUT2D eigenvalue weighted by atomic mass is 10.1. The van der Waals surface area contributed by atoms with Crippen LogP contribution in [0.4, 0.5) is 0 Å². The molecule has 0 atom stereocenters. The molecule has 0 aliphatic heterocycles. The third kappa shape index (κ3) is 5.14. The molecule has 0 N–H and O–H groups in total. The highest BCUT2D eigenvalue weighted by atomic mass is 15.4. The Morgan fingerprint density at radius 1 is 0.864 bits per heavy atom. The second-order valence-electron chi connectivity index (χ2n) is 5.93. The van der Waals surface area contributed by atoms with Gasteiger partial charge < -0.3 is 0 Å². The summed E-state index contributed by atoms with van der Waals surface area (Å²) in [5, 5.41) is 8.69. The van der Waals surface area contributed by atoms with Crippen LogP contribution >= 0.6 is 0 Å². The molecule has 3 heteroatoms. The Bertz CT molecular complexity index is 559. The Morgan fingerprint density at radius 2 is 1.45 bits per heavy atom. The van der Waals surface area contributed by atoms with Crippen molar-refractivity contribution in [2.75, 3.05) is 0 Å². The minimum absolute atomic E-state index is 0.342. The Hall–Kier alpha value is -1.90. The molecule has 1 aromatic rings. The van der Waals surface area contributed by atoms with Gasteiger partial charge in [0.05, 0.1) is 11.4 Å². The predicted molar refractivity (Wildman–Crippen MR) is 92.8 cm³/mol. The standard InChI is InChI=1S/C19H27N3/c1-17(2)22-19-16-14-12-10-8-6-4-3-5-7-9-11-13-15-18(19)20-21-22/h7-14,17H,3-6,15-16H2,1-2H3/b9-7-,10-8-,13-11-,14-12-. The Morgan fingerprint density at radius 3 is 2.09 bits per heavy atom. The van der Waals surface area contributed by atoms with Crippen LogP contribution in [0, 0.1) is 0 Å². The zero-order valence-corrected chi connectivity index (χ0v) is 13.8. The van der Waals surface area contributed by atoms with Crippen LogP contribution in [0.25, 0.3) is 0 Å². The zero-order chi connectivity index (χ0) is 15.6. The second-order valence-corrected chi connectivity index (χ2v) is 5.93. The molecule has 0 spiro atoms. The predicted octanol–water partition coefficient (Wildman–Crippen LogP) is 4.74. The van der Waals surface area contributed by atoms with Gasteiger partial charge in [0.2, 0.25) is 0 Å². The quantitative estimate of drug-likeness (QED) is 0.749. The average Bonchev–Trinajstić information content (AvgIpc) is 2.89. The van der Waals surface area contributed by atoms with Gasteiger partial charge in [0.1, 0.15) is 0 Å². The molecule has 2 rings (SSSR count). The monoisotopic (exact) mass is 297 g/mol. The summed E-state index contributed by atoms with van der Waals surface area (Å²) in [7, 11) is 0.